The maximum Gasteiger partial charge on any atom is 0.221 e. The Labute approximate surface area is 123 Å². The van der Waals surface area contributed by atoms with Gasteiger partial charge >= 0.3 is 0 Å². The summed E-state index contributed by atoms with van der Waals surface area (Å²) in [6.45, 7) is 2.06. The Morgan fingerprint density at radius 1 is 1.05 bits per heavy atom. The van der Waals surface area contributed by atoms with Gasteiger partial charge in [0.15, 0.2) is 0 Å². The van der Waals surface area contributed by atoms with Gasteiger partial charge in [-0.05, 0) is 12.5 Å². The summed E-state index contributed by atoms with van der Waals surface area (Å²) in [6, 6.07) is 18.0. The van der Waals surface area contributed by atoms with Gasteiger partial charge in [-0.3, -0.25) is 0 Å². The minimum absolute atomic E-state index is 0.372. The van der Waals surface area contributed by atoms with Crippen molar-refractivity contribution in [3.63, 3.8) is 0 Å². The first-order valence-electron chi connectivity index (χ1n) is 6.74. The summed E-state index contributed by atoms with van der Waals surface area (Å²) in [5.41, 5.74) is 9.99. The van der Waals surface area contributed by atoms with Crippen molar-refractivity contribution in [1.29, 1.82) is 0 Å². The highest BCUT2D eigenvalue weighted by molar-refractivity contribution is 5.79. The standard InChI is InChI=1S/C17H16N4/c1-13-7-9-14(10-8-13)11-19-21-12-16(20-17(21)18)15-5-3-2-4-6-15/h2-12H,1H3,(H2,18,20)/b19-11-. The molecule has 3 aromatic rings. The number of rotatable bonds is 3. The van der Waals surface area contributed by atoms with E-state index in [2.05, 4.69) is 17.0 Å². The van der Waals surface area contributed by atoms with Gasteiger partial charge in [0.2, 0.25) is 5.95 Å². The van der Waals surface area contributed by atoms with Crippen molar-refractivity contribution in [1.82, 2.24) is 9.66 Å². The van der Waals surface area contributed by atoms with Crippen LogP contribution in [0.2, 0.25) is 0 Å². The topological polar surface area (TPSA) is 56.2 Å². The van der Waals surface area contributed by atoms with Crippen molar-refractivity contribution in [2.75, 3.05) is 5.73 Å². The van der Waals surface area contributed by atoms with Crippen molar-refractivity contribution >= 4 is 12.2 Å². The zero-order valence-electron chi connectivity index (χ0n) is 11.8. The first-order chi connectivity index (χ1) is 10.2. The molecule has 0 aliphatic rings. The van der Waals surface area contributed by atoms with E-state index in [1.807, 2.05) is 60.8 Å². The van der Waals surface area contributed by atoms with Crippen molar-refractivity contribution < 1.29 is 0 Å². The molecule has 4 nitrogen and oxygen atoms in total. The average molecular weight is 276 g/mol. The molecule has 4 heteroatoms. The second kappa shape index (κ2) is 5.63. The van der Waals surface area contributed by atoms with E-state index in [4.69, 9.17) is 5.73 Å². The van der Waals surface area contributed by atoms with Crippen LogP contribution in [-0.4, -0.2) is 15.9 Å². The predicted molar refractivity (Wildman–Crippen MR) is 86.2 cm³/mol. The van der Waals surface area contributed by atoms with Crippen LogP contribution >= 0.6 is 0 Å². The summed E-state index contributed by atoms with van der Waals surface area (Å²) < 4.78 is 1.59. The Morgan fingerprint density at radius 3 is 2.48 bits per heavy atom. The molecule has 0 unspecified atom stereocenters. The smallest absolute Gasteiger partial charge is 0.221 e. The molecule has 2 N–H and O–H groups in total. The van der Waals surface area contributed by atoms with Gasteiger partial charge in [0, 0.05) is 5.56 Å². The minimum atomic E-state index is 0.372. The van der Waals surface area contributed by atoms with Gasteiger partial charge in [-0.1, -0.05) is 60.2 Å². The second-order valence-corrected chi connectivity index (χ2v) is 4.85. The monoisotopic (exact) mass is 276 g/mol. The lowest BCUT2D eigenvalue weighted by Gasteiger charge is -1.96. The molecule has 1 aromatic heterocycles. The fourth-order valence-electron chi connectivity index (χ4n) is 2.01. The van der Waals surface area contributed by atoms with E-state index in [1.54, 1.807) is 10.9 Å². The fourth-order valence-corrected chi connectivity index (χ4v) is 2.01. The van der Waals surface area contributed by atoms with Gasteiger partial charge in [0.1, 0.15) is 0 Å². The molecule has 0 bridgehead atoms. The number of aryl methyl sites for hydroxylation is 1. The van der Waals surface area contributed by atoms with Crippen LogP contribution in [0, 0.1) is 6.92 Å². The van der Waals surface area contributed by atoms with E-state index in [0.717, 1.165) is 16.8 Å². The van der Waals surface area contributed by atoms with Crippen molar-refractivity contribution in [2.24, 2.45) is 5.10 Å². The molecule has 3 rings (SSSR count). The highest BCUT2D eigenvalue weighted by Crippen LogP contribution is 2.19. The number of hydrogen-bond acceptors (Lipinski definition) is 3. The van der Waals surface area contributed by atoms with E-state index in [1.165, 1.54) is 5.56 Å². The molecule has 1 heterocycles. The lowest BCUT2D eigenvalue weighted by atomic mass is 10.2. The number of anilines is 1. The van der Waals surface area contributed by atoms with Gasteiger partial charge in [0.05, 0.1) is 18.1 Å². The molecule has 0 radical (unpaired) electrons. The van der Waals surface area contributed by atoms with Crippen LogP contribution in [-0.2, 0) is 0 Å². The number of benzene rings is 2. The Morgan fingerprint density at radius 2 is 1.76 bits per heavy atom. The summed E-state index contributed by atoms with van der Waals surface area (Å²) in [6.07, 6.45) is 3.60. The normalized spacial score (nSPS) is 11.1. The Hall–Kier alpha value is -2.88. The maximum absolute atomic E-state index is 5.91. The molecular formula is C17H16N4. The van der Waals surface area contributed by atoms with Crippen LogP contribution in [0.25, 0.3) is 11.3 Å². The summed E-state index contributed by atoms with van der Waals surface area (Å²) in [5, 5.41) is 4.36. The quantitative estimate of drug-likeness (QED) is 0.746. The molecule has 0 amide bonds. The van der Waals surface area contributed by atoms with Gasteiger partial charge in [-0.25, -0.2) is 9.66 Å². The van der Waals surface area contributed by atoms with Crippen LogP contribution in [0.5, 0.6) is 0 Å². The number of nitrogens with zero attached hydrogens (tertiary/aromatic N) is 3. The summed E-state index contributed by atoms with van der Waals surface area (Å²) in [5.74, 6) is 0.372. The lowest BCUT2D eigenvalue weighted by molar-refractivity contribution is 0.898. The summed E-state index contributed by atoms with van der Waals surface area (Å²) in [7, 11) is 0. The minimum Gasteiger partial charge on any atom is -0.368 e. The van der Waals surface area contributed by atoms with E-state index in [-0.39, 0.29) is 0 Å². The highest BCUT2D eigenvalue weighted by Gasteiger charge is 2.05. The first-order valence-corrected chi connectivity index (χ1v) is 6.74. The van der Waals surface area contributed by atoms with Crippen LogP contribution in [0.3, 0.4) is 0 Å². The first kappa shape index (κ1) is 13.1. The maximum atomic E-state index is 5.91. The third-order valence-electron chi connectivity index (χ3n) is 3.19. The Bertz CT molecular complexity index is 755. The van der Waals surface area contributed by atoms with E-state index in [9.17, 15) is 0 Å². The van der Waals surface area contributed by atoms with Gasteiger partial charge < -0.3 is 5.73 Å². The second-order valence-electron chi connectivity index (χ2n) is 4.85. The number of aromatic nitrogens is 2. The molecular weight excluding hydrogens is 260 g/mol. The van der Waals surface area contributed by atoms with Crippen molar-refractivity contribution in [3.8, 4) is 11.3 Å². The number of nitrogens with two attached hydrogens (primary N) is 1. The van der Waals surface area contributed by atoms with Crippen molar-refractivity contribution in [2.45, 2.75) is 6.92 Å². The predicted octanol–water partition coefficient (Wildman–Crippen LogP) is 3.32. The molecule has 0 spiro atoms. The van der Waals surface area contributed by atoms with E-state index >= 15 is 0 Å². The highest BCUT2D eigenvalue weighted by atomic mass is 15.4. The summed E-state index contributed by atoms with van der Waals surface area (Å²) in [4.78, 5) is 4.33. The van der Waals surface area contributed by atoms with E-state index < -0.39 is 0 Å². The molecule has 0 fully saturated rings. The molecule has 21 heavy (non-hydrogen) atoms. The van der Waals surface area contributed by atoms with Gasteiger partial charge in [-0.2, -0.15) is 5.10 Å². The largest absolute Gasteiger partial charge is 0.368 e. The third kappa shape index (κ3) is 3.00. The zero-order valence-corrected chi connectivity index (χ0v) is 11.8. The molecule has 0 saturated carbocycles. The molecule has 0 saturated heterocycles. The molecule has 2 aromatic carbocycles. The van der Waals surface area contributed by atoms with E-state index in [0.29, 0.717) is 5.95 Å². The number of nitrogen functional groups attached to an aromatic ring is 1. The molecule has 0 aliphatic heterocycles. The van der Waals surface area contributed by atoms with Crippen LogP contribution in [0.15, 0.2) is 65.9 Å². The molecule has 0 aliphatic carbocycles. The van der Waals surface area contributed by atoms with Gasteiger partial charge in [0.25, 0.3) is 0 Å². The molecule has 0 atom stereocenters. The van der Waals surface area contributed by atoms with Gasteiger partial charge in [-0.15, -0.1) is 0 Å². The Kier molecular flexibility index (Phi) is 3.51. The average Bonchev–Trinajstić information content (AvgIpc) is 2.89. The van der Waals surface area contributed by atoms with Crippen LogP contribution in [0.1, 0.15) is 11.1 Å². The zero-order chi connectivity index (χ0) is 14.7. The summed E-state index contributed by atoms with van der Waals surface area (Å²) >= 11 is 0. The van der Waals surface area contributed by atoms with Crippen LogP contribution in [0.4, 0.5) is 5.95 Å². The number of hydrogen-bond donors (Lipinski definition) is 1. The lowest BCUT2D eigenvalue weighted by Crippen LogP contribution is -1.96. The molecule has 104 valence electrons. The van der Waals surface area contributed by atoms with Crippen molar-refractivity contribution in [3.05, 3.63) is 71.9 Å². The SMILES string of the molecule is Cc1ccc(/C=N\n2cc(-c3ccccc3)nc2N)cc1. The Balaban J connectivity index is 1.86. The third-order valence-corrected chi connectivity index (χ3v) is 3.19. The van der Waals surface area contributed by atoms with Crippen LogP contribution < -0.4 is 5.73 Å². The number of imidazole rings is 1. The fraction of sp³-hybridized carbons (Fsp3) is 0.0588.